The van der Waals surface area contributed by atoms with Gasteiger partial charge in [0.25, 0.3) is 0 Å². The van der Waals surface area contributed by atoms with Crippen LogP contribution in [-0.2, 0) is 0 Å². The molecule has 3 heteroatoms. The normalized spacial score (nSPS) is 25.0. The van der Waals surface area contributed by atoms with Crippen LogP contribution in [0.4, 0.5) is 0 Å². The third-order valence-corrected chi connectivity index (χ3v) is 4.32. The first-order valence-corrected chi connectivity index (χ1v) is 8.14. The van der Waals surface area contributed by atoms with Gasteiger partial charge in [0.05, 0.1) is 12.2 Å². The molecule has 0 bridgehead atoms. The lowest BCUT2D eigenvalue weighted by Gasteiger charge is -2.37. The Morgan fingerprint density at radius 3 is 2.48 bits per heavy atom. The third-order valence-electron chi connectivity index (χ3n) is 4.32. The zero-order valence-electron chi connectivity index (χ0n) is 13.7. The van der Waals surface area contributed by atoms with Gasteiger partial charge in [-0.3, -0.25) is 4.90 Å². The fraction of sp³-hybridized carbons (Fsp3) is 0.667. The van der Waals surface area contributed by atoms with E-state index in [1.165, 1.54) is 12.8 Å². The van der Waals surface area contributed by atoms with Crippen LogP contribution in [0, 0.1) is 5.92 Å². The fourth-order valence-electron chi connectivity index (χ4n) is 3.10. The standard InChI is InChI=1S/C18H29NO2/c1-13(2)21-17-7-5-16(6-8-17)18(20)12-19-10-9-14(3)11-15(19)4/h5-8,13-15,18,20H,9-12H2,1-4H3. The summed E-state index contributed by atoms with van der Waals surface area (Å²) in [5, 5.41) is 10.4. The summed E-state index contributed by atoms with van der Waals surface area (Å²) >= 11 is 0. The lowest BCUT2D eigenvalue weighted by atomic mass is 9.93. The van der Waals surface area contributed by atoms with E-state index in [1.807, 2.05) is 38.1 Å². The minimum Gasteiger partial charge on any atom is -0.491 e. The van der Waals surface area contributed by atoms with E-state index >= 15 is 0 Å². The summed E-state index contributed by atoms with van der Waals surface area (Å²) in [5.41, 5.74) is 0.969. The Balaban J connectivity index is 1.92. The summed E-state index contributed by atoms with van der Waals surface area (Å²) < 4.78 is 5.64. The number of hydrogen-bond donors (Lipinski definition) is 1. The van der Waals surface area contributed by atoms with Crippen LogP contribution >= 0.6 is 0 Å². The Morgan fingerprint density at radius 2 is 1.90 bits per heavy atom. The van der Waals surface area contributed by atoms with E-state index in [4.69, 9.17) is 4.74 Å². The Labute approximate surface area is 128 Å². The van der Waals surface area contributed by atoms with Crippen LogP contribution in [0.15, 0.2) is 24.3 Å². The molecule has 0 aromatic heterocycles. The van der Waals surface area contributed by atoms with Gasteiger partial charge in [-0.15, -0.1) is 0 Å². The van der Waals surface area contributed by atoms with Crippen molar-refractivity contribution < 1.29 is 9.84 Å². The van der Waals surface area contributed by atoms with E-state index in [0.717, 1.165) is 30.3 Å². The quantitative estimate of drug-likeness (QED) is 0.899. The van der Waals surface area contributed by atoms with E-state index in [2.05, 4.69) is 18.7 Å². The van der Waals surface area contributed by atoms with E-state index in [0.29, 0.717) is 6.04 Å². The number of aliphatic hydroxyl groups is 1. The molecule has 0 radical (unpaired) electrons. The topological polar surface area (TPSA) is 32.7 Å². The molecule has 1 fully saturated rings. The zero-order valence-corrected chi connectivity index (χ0v) is 13.7. The maximum atomic E-state index is 10.4. The van der Waals surface area contributed by atoms with Gasteiger partial charge in [0.2, 0.25) is 0 Å². The van der Waals surface area contributed by atoms with Crippen LogP contribution < -0.4 is 4.74 Å². The van der Waals surface area contributed by atoms with Crippen molar-refractivity contribution in [2.45, 2.75) is 58.8 Å². The number of β-amino-alcohol motifs (C(OH)–C–C–N with tert-alkyl or cyclic N) is 1. The van der Waals surface area contributed by atoms with Crippen molar-refractivity contribution in [3.63, 3.8) is 0 Å². The number of rotatable bonds is 5. The smallest absolute Gasteiger partial charge is 0.119 e. The molecule has 1 aromatic rings. The van der Waals surface area contributed by atoms with Crippen molar-refractivity contribution >= 4 is 0 Å². The summed E-state index contributed by atoms with van der Waals surface area (Å²) in [6.07, 6.45) is 2.22. The highest BCUT2D eigenvalue weighted by molar-refractivity contribution is 5.28. The van der Waals surface area contributed by atoms with Gasteiger partial charge in [0.1, 0.15) is 5.75 Å². The molecule has 3 nitrogen and oxygen atoms in total. The molecule has 21 heavy (non-hydrogen) atoms. The molecule has 0 aliphatic carbocycles. The van der Waals surface area contributed by atoms with Gasteiger partial charge in [-0.2, -0.15) is 0 Å². The van der Waals surface area contributed by atoms with Crippen LogP contribution in [0.2, 0.25) is 0 Å². The Morgan fingerprint density at radius 1 is 1.24 bits per heavy atom. The molecule has 118 valence electrons. The highest BCUT2D eigenvalue weighted by Crippen LogP contribution is 2.25. The molecule has 1 saturated heterocycles. The van der Waals surface area contributed by atoms with Crippen molar-refractivity contribution in [1.29, 1.82) is 0 Å². The molecule has 1 aliphatic heterocycles. The number of aliphatic hydroxyl groups excluding tert-OH is 1. The molecule has 3 unspecified atom stereocenters. The summed E-state index contributed by atoms with van der Waals surface area (Å²) in [6.45, 7) is 10.4. The minimum atomic E-state index is -0.422. The second-order valence-corrected chi connectivity index (χ2v) is 6.72. The van der Waals surface area contributed by atoms with Gasteiger partial charge in [-0.05, 0) is 63.8 Å². The lowest BCUT2D eigenvalue weighted by Crippen LogP contribution is -2.42. The summed E-state index contributed by atoms with van der Waals surface area (Å²) in [4.78, 5) is 2.41. The molecule has 0 amide bonds. The third kappa shape index (κ3) is 4.72. The molecule has 1 heterocycles. The number of benzene rings is 1. The average Bonchev–Trinajstić information content (AvgIpc) is 2.42. The Bertz CT molecular complexity index is 429. The molecule has 1 aromatic carbocycles. The monoisotopic (exact) mass is 291 g/mol. The van der Waals surface area contributed by atoms with E-state index < -0.39 is 6.10 Å². The van der Waals surface area contributed by atoms with Crippen LogP contribution in [0.5, 0.6) is 5.75 Å². The second-order valence-electron chi connectivity index (χ2n) is 6.72. The van der Waals surface area contributed by atoms with Crippen molar-refractivity contribution in [2.75, 3.05) is 13.1 Å². The first-order valence-electron chi connectivity index (χ1n) is 8.14. The highest BCUT2D eigenvalue weighted by atomic mass is 16.5. The van der Waals surface area contributed by atoms with Gasteiger partial charge in [0.15, 0.2) is 0 Å². The summed E-state index contributed by atoms with van der Waals surface area (Å²) in [6, 6.07) is 8.40. The Hall–Kier alpha value is -1.06. The van der Waals surface area contributed by atoms with Crippen molar-refractivity contribution in [3.05, 3.63) is 29.8 Å². The maximum absolute atomic E-state index is 10.4. The Kier molecular flexibility index (Phi) is 5.65. The van der Waals surface area contributed by atoms with E-state index in [-0.39, 0.29) is 6.10 Å². The number of piperidine rings is 1. The average molecular weight is 291 g/mol. The zero-order chi connectivity index (χ0) is 15.4. The fourth-order valence-corrected chi connectivity index (χ4v) is 3.10. The predicted octanol–water partition coefficient (Wildman–Crippen LogP) is 3.63. The van der Waals surface area contributed by atoms with E-state index in [9.17, 15) is 5.11 Å². The SMILES string of the molecule is CC1CCN(CC(O)c2ccc(OC(C)C)cc2)C(C)C1. The van der Waals surface area contributed by atoms with Crippen molar-refractivity contribution in [2.24, 2.45) is 5.92 Å². The molecule has 1 N–H and O–H groups in total. The second kappa shape index (κ2) is 7.28. The molecular weight excluding hydrogens is 262 g/mol. The predicted molar refractivity (Wildman–Crippen MR) is 86.6 cm³/mol. The molecule has 2 rings (SSSR count). The lowest BCUT2D eigenvalue weighted by molar-refractivity contribution is 0.0600. The van der Waals surface area contributed by atoms with Gasteiger partial charge in [-0.1, -0.05) is 19.1 Å². The number of ether oxygens (including phenoxy) is 1. The molecule has 0 spiro atoms. The maximum Gasteiger partial charge on any atom is 0.119 e. The molecular formula is C18H29NO2. The van der Waals surface area contributed by atoms with Gasteiger partial charge in [0, 0.05) is 12.6 Å². The van der Waals surface area contributed by atoms with Crippen LogP contribution in [-0.4, -0.2) is 35.2 Å². The molecule has 1 aliphatic rings. The number of hydrogen-bond acceptors (Lipinski definition) is 3. The van der Waals surface area contributed by atoms with Gasteiger partial charge < -0.3 is 9.84 Å². The van der Waals surface area contributed by atoms with Crippen molar-refractivity contribution in [3.8, 4) is 5.75 Å². The van der Waals surface area contributed by atoms with E-state index in [1.54, 1.807) is 0 Å². The van der Waals surface area contributed by atoms with Crippen LogP contribution in [0.25, 0.3) is 0 Å². The molecule has 0 saturated carbocycles. The summed E-state index contributed by atoms with van der Waals surface area (Å²) in [7, 11) is 0. The first-order chi connectivity index (χ1) is 9.95. The highest BCUT2D eigenvalue weighted by Gasteiger charge is 2.24. The molecule has 3 atom stereocenters. The number of nitrogens with zero attached hydrogens (tertiary/aromatic N) is 1. The largest absolute Gasteiger partial charge is 0.491 e. The van der Waals surface area contributed by atoms with Crippen LogP contribution in [0.1, 0.15) is 52.2 Å². The minimum absolute atomic E-state index is 0.178. The van der Waals surface area contributed by atoms with Gasteiger partial charge in [-0.25, -0.2) is 0 Å². The van der Waals surface area contributed by atoms with Crippen LogP contribution in [0.3, 0.4) is 0 Å². The van der Waals surface area contributed by atoms with Crippen molar-refractivity contribution in [1.82, 2.24) is 4.90 Å². The number of likely N-dealkylation sites (tertiary alicyclic amines) is 1. The summed E-state index contributed by atoms with van der Waals surface area (Å²) in [5.74, 6) is 1.67. The first kappa shape index (κ1) is 16.3. The van der Waals surface area contributed by atoms with Gasteiger partial charge >= 0.3 is 0 Å².